The van der Waals surface area contributed by atoms with E-state index in [2.05, 4.69) is 0 Å². The first-order chi connectivity index (χ1) is 10.7. The molecule has 0 saturated heterocycles. The standard InChI is InChI=1S/C16H18O6/c1-3-19-8-9-21-12-6-5-7-13-15(12)11(17)10-14(22-13)16(18)20-4-2/h5-7,10H,3-4,8-9H2,1-2H3. The van der Waals surface area contributed by atoms with E-state index in [4.69, 9.17) is 18.6 Å². The summed E-state index contributed by atoms with van der Waals surface area (Å²) in [5, 5.41) is 0.298. The Hall–Kier alpha value is -2.34. The second-order valence-electron chi connectivity index (χ2n) is 4.37. The van der Waals surface area contributed by atoms with Crippen molar-refractivity contribution < 1.29 is 23.4 Å². The molecule has 1 aromatic heterocycles. The largest absolute Gasteiger partial charge is 0.490 e. The summed E-state index contributed by atoms with van der Waals surface area (Å²) in [6.07, 6.45) is 0. The molecule has 0 unspecified atom stereocenters. The molecule has 2 rings (SSSR count). The summed E-state index contributed by atoms with van der Waals surface area (Å²) in [6, 6.07) is 6.09. The molecule has 1 aromatic carbocycles. The van der Waals surface area contributed by atoms with Gasteiger partial charge in [-0.05, 0) is 26.0 Å². The predicted octanol–water partition coefficient (Wildman–Crippen LogP) is 2.39. The molecule has 0 fully saturated rings. The van der Waals surface area contributed by atoms with E-state index in [1.54, 1.807) is 25.1 Å². The zero-order chi connectivity index (χ0) is 15.9. The first kappa shape index (κ1) is 16.0. The van der Waals surface area contributed by atoms with E-state index in [9.17, 15) is 9.59 Å². The second-order valence-corrected chi connectivity index (χ2v) is 4.37. The molecular formula is C16H18O6. The zero-order valence-electron chi connectivity index (χ0n) is 12.6. The van der Waals surface area contributed by atoms with Crippen molar-refractivity contribution in [3.05, 3.63) is 40.2 Å². The molecular weight excluding hydrogens is 288 g/mol. The summed E-state index contributed by atoms with van der Waals surface area (Å²) in [6.45, 7) is 5.14. The third-order valence-electron chi connectivity index (χ3n) is 2.88. The predicted molar refractivity (Wildman–Crippen MR) is 80.4 cm³/mol. The van der Waals surface area contributed by atoms with Crippen LogP contribution in [0, 0.1) is 0 Å². The molecule has 0 spiro atoms. The Morgan fingerprint density at radius 1 is 1.18 bits per heavy atom. The van der Waals surface area contributed by atoms with Crippen LogP contribution in [0.15, 0.2) is 33.5 Å². The maximum Gasteiger partial charge on any atom is 0.374 e. The average Bonchev–Trinajstić information content (AvgIpc) is 2.51. The number of benzene rings is 1. The molecule has 118 valence electrons. The highest BCUT2D eigenvalue weighted by atomic mass is 16.5. The Morgan fingerprint density at radius 2 is 2.00 bits per heavy atom. The van der Waals surface area contributed by atoms with Gasteiger partial charge in [-0.15, -0.1) is 0 Å². The molecule has 0 radical (unpaired) electrons. The van der Waals surface area contributed by atoms with Crippen LogP contribution < -0.4 is 10.2 Å². The SMILES string of the molecule is CCOCCOc1cccc2oc(C(=O)OCC)cc(=O)c12. The highest BCUT2D eigenvalue weighted by molar-refractivity contribution is 5.90. The van der Waals surface area contributed by atoms with Gasteiger partial charge in [0, 0.05) is 12.7 Å². The van der Waals surface area contributed by atoms with Gasteiger partial charge in [-0.3, -0.25) is 4.79 Å². The molecule has 22 heavy (non-hydrogen) atoms. The quantitative estimate of drug-likeness (QED) is 0.577. The van der Waals surface area contributed by atoms with Crippen LogP contribution in [0.3, 0.4) is 0 Å². The van der Waals surface area contributed by atoms with Gasteiger partial charge >= 0.3 is 5.97 Å². The highest BCUT2D eigenvalue weighted by Gasteiger charge is 2.15. The van der Waals surface area contributed by atoms with Gasteiger partial charge in [0.1, 0.15) is 23.3 Å². The summed E-state index contributed by atoms with van der Waals surface area (Å²) in [5.41, 5.74) is -0.0687. The fourth-order valence-electron chi connectivity index (χ4n) is 1.96. The topological polar surface area (TPSA) is 75.0 Å². The van der Waals surface area contributed by atoms with Gasteiger partial charge in [0.05, 0.1) is 13.2 Å². The van der Waals surface area contributed by atoms with E-state index in [0.29, 0.717) is 31.0 Å². The van der Waals surface area contributed by atoms with Crippen molar-refractivity contribution in [2.75, 3.05) is 26.4 Å². The molecule has 0 atom stereocenters. The van der Waals surface area contributed by atoms with Crippen LogP contribution in [0.4, 0.5) is 0 Å². The van der Waals surface area contributed by atoms with Gasteiger partial charge in [0.25, 0.3) is 0 Å². The molecule has 2 aromatic rings. The lowest BCUT2D eigenvalue weighted by Gasteiger charge is -2.09. The molecule has 0 saturated carbocycles. The van der Waals surface area contributed by atoms with Crippen LogP contribution in [0.5, 0.6) is 5.75 Å². The number of carbonyl (C=O) groups is 1. The monoisotopic (exact) mass is 306 g/mol. The molecule has 0 N–H and O–H groups in total. The van der Waals surface area contributed by atoms with Crippen molar-refractivity contribution in [1.29, 1.82) is 0 Å². The normalized spacial score (nSPS) is 10.6. The first-order valence-corrected chi connectivity index (χ1v) is 7.12. The van der Waals surface area contributed by atoms with Crippen molar-refractivity contribution in [3.8, 4) is 5.75 Å². The van der Waals surface area contributed by atoms with E-state index in [1.165, 1.54) is 0 Å². The number of ether oxygens (including phenoxy) is 3. The minimum Gasteiger partial charge on any atom is -0.490 e. The fraction of sp³-hybridized carbons (Fsp3) is 0.375. The van der Waals surface area contributed by atoms with Crippen molar-refractivity contribution in [2.24, 2.45) is 0 Å². The fourth-order valence-corrected chi connectivity index (χ4v) is 1.96. The molecule has 0 aliphatic rings. The minimum atomic E-state index is -0.663. The number of hydrogen-bond donors (Lipinski definition) is 0. The molecule has 0 bridgehead atoms. The second kappa shape index (κ2) is 7.61. The molecule has 0 aliphatic carbocycles. The highest BCUT2D eigenvalue weighted by Crippen LogP contribution is 2.23. The minimum absolute atomic E-state index is 0.120. The van der Waals surface area contributed by atoms with Crippen LogP contribution in [0.25, 0.3) is 11.0 Å². The first-order valence-electron chi connectivity index (χ1n) is 7.12. The van der Waals surface area contributed by atoms with E-state index in [0.717, 1.165) is 6.07 Å². The Labute approximate surface area is 127 Å². The summed E-state index contributed by atoms with van der Waals surface area (Å²) in [7, 11) is 0. The van der Waals surface area contributed by atoms with Crippen molar-refractivity contribution in [3.63, 3.8) is 0 Å². The third kappa shape index (κ3) is 3.65. The molecule has 6 heteroatoms. The summed E-state index contributed by atoms with van der Waals surface area (Å²) in [5.74, 6) is -0.378. The Kier molecular flexibility index (Phi) is 5.55. The zero-order valence-corrected chi connectivity index (χ0v) is 12.6. The van der Waals surface area contributed by atoms with Gasteiger partial charge in [-0.1, -0.05) is 6.07 Å². The maximum atomic E-state index is 12.2. The number of rotatable bonds is 7. The molecule has 6 nitrogen and oxygen atoms in total. The smallest absolute Gasteiger partial charge is 0.374 e. The van der Waals surface area contributed by atoms with Crippen LogP contribution >= 0.6 is 0 Å². The lowest BCUT2D eigenvalue weighted by molar-refractivity contribution is 0.0490. The third-order valence-corrected chi connectivity index (χ3v) is 2.88. The van der Waals surface area contributed by atoms with E-state index in [-0.39, 0.29) is 23.4 Å². The molecule has 1 heterocycles. The maximum absolute atomic E-state index is 12.2. The van der Waals surface area contributed by atoms with Crippen LogP contribution in [-0.4, -0.2) is 32.4 Å². The van der Waals surface area contributed by atoms with Crippen LogP contribution in [0.1, 0.15) is 24.4 Å². The lowest BCUT2D eigenvalue weighted by atomic mass is 10.2. The number of fused-ring (bicyclic) bond motifs is 1. The van der Waals surface area contributed by atoms with Gasteiger partial charge in [0.2, 0.25) is 5.76 Å². The van der Waals surface area contributed by atoms with Gasteiger partial charge in [-0.2, -0.15) is 0 Å². The van der Waals surface area contributed by atoms with Gasteiger partial charge in [0.15, 0.2) is 5.43 Å². The lowest BCUT2D eigenvalue weighted by Crippen LogP contribution is -2.12. The summed E-state index contributed by atoms with van der Waals surface area (Å²) >= 11 is 0. The van der Waals surface area contributed by atoms with Gasteiger partial charge in [-0.25, -0.2) is 4.79 Å². The Morgan fingerprint density at radius 3 is 2.73 bits per heavy atom. The Bertz CT molecular complexity index is 703. The number of esters is 1. The van der Waals surface area contributed by atoms with Gasteiger partial charge < -0.3 is 18.6 Å². The summed E-state index contributed by atoms with van der Waals surface area (Å²) < 4.78 is 21.0. The molecule has 0 aliphatic heterocycles. The van der Waals surface area contributed by atoms with E-state index >= 15 is 0 Å². The van der Waals surface area contributed by atoms with Crippen molar-refractivity contribution >= 4 is 16.9 Å². The molecule has 0 amide bonds. The van der Waals surface area contributed by atoms with Crippen molar-refractivity contribution in [1.82, 2.24) is 0 Å². The van der Waals surface area contributed by atoms with E-state index < -0.39 is 5.97 Å². The summed E-state index contributed by atoms with van der Waals surface area (Å²) in [4.78, 5) is 23.9. The van der Waals surface area contributed by atoms with Crippen LogP contribution in [0.2, 0.25) is 0 Å². The van der Waals surface area contributed by atoms with Crippen LogP contribution in [-0.2, 0) is 9.47 Å². The van der Waals surface area contributed by atoms with Crippen molar-refractivity contribution in [2.45, 2.75) is 13.8 Å². The number of carbonyl (C=O) groups excluding carboxylic acids is 1. The number of hydrogen-bond acceptors (Lipinski definition) is 6. The van der Waals surface area contributed by atoms with E-state index in [1.807, 2.05) is 6.92 Å². The average molecular weight is 306 g/mol. The Balaban J connectivity index is 2.33.